The molecule has 0 radical (unpaired) electrons. The van der Waals surface area contributed by atoms with Crippen LogP contribution in [-0.2, 0) is 10.0 Å². The molecule has 0 saturated carbocycles. The van der Waals surface area contributed by atoms with E-state index in [0.29, 0.717) is 12.1 Å². The normalized spacial score (nSPS) is 24.0. The first kappa shape index (κ1) is 15.9. The highest BCUT2D eigenvalue weighted by molar-refractivity contribution is 7.89. The number of nitro benzene ring substituents is 1. The molecule has 2 N–H and O–H groups in total. The van der Waals surface area contributed by atoms with E-state index in [4.69, 9.17) is 5.73 Å². The molecular weight excluding hydrogens is 294 g/mol. The summed E-state index contributed by atoms with van der Waals surface area (Å²) in [5.41, 5.74) is 6.12. The monoisotopic (exact) mass is 313 g/mol. The van der Waals surface area contributed by atoms with Gasteiger partial charge in [0.15, 0.2) is 0 Å². The van der Waals surface area contributed by atoms with Crippen molar-refractivity contribution >= 4 is 15.7 Å². The number of rotatable bonds is 3. The number of aryl methyl sites for hydroxylation is 1. The van der Waals surface area contributed by atoms with E-state index in [1.807, 2.05) is 6.92 Å². The first-order valence-electron chi connectivity index (χ1n) is 6.72. The second-order valence-corrected chi connectivity index (χ2v) is 7.57. The third kappa shape index (κ3) is 3.22. The number of nitrogens with zero attached hydrogens (tertiary/aromatic N) is 2. The molecule has 0 bridgehead atoms. The van der Waals surface area contributed by atoms with Crippen LogP contribution in [0, 0.1) is 23.0 Å². The lowest BCUT2D eigenvalue weighted by atomic mass is 9.99. The van der Waals surface area contributed by atoms with Crippen LogP contribution in [0.25, 0.3) is 0 Å². The maximum atomic E-state index is 12.6. The van der Waals surface area contributed by atoms with E-state index in [1.165, 1.54) is 16.4 Å². The van der Waals surface area contributed by atoms with Gasteiger partial charge in [-0.1, -0.05) is 13.0 Å². The first-order chi connectivity index (χ1) is 9.71. The van der Waals surface area contributed by atoms with E-state index in [-0.39, 0.29) is 29.1 Å². The largest absolute Gasteiger partial charge is 0.326 e. The molecule has 116 valence electrons. The van der Waals surface area contributed by atoms with Crippen LogP contribution in [0.2, 0.25) is 0 Å². The van der Waals surface area contributed by atoms with Gasteiger partial charge < -0.3 is 5.73 Å². The minimum Gasteiger partial charge on any atom is -0.326 e. The summed E-state index contributed by atoms with van der Waals surface area (Å²) in [6.45, 7) is 4.15. The van der Waals surface area contributed by atoms with Crippen LogP contribution in [0.3, 0.4) is 0 Å². The van der Waals surface area contributed by atoms with Crippen molar-refractivity contribution in [2.45, 2.75) is 31.2 Å². The predicted molar refractivity (Wildman–Crippen MR) is 78.3 cm³/mol. The lowest BCUT2D eigenvalue weighted by Crippen LogP contribution is -2.48. The number of nitrogens with two attached hydrogens (primary N) is 1. The average Bonchev–Trinajstić information content (AvgIpc) is 2.37. The molecule has 0 amide bonds. The first-order valence-corrected chi connectivity index (χ1v) is 8.16. The van der Waals surface area contributed by atoms with Crippen molar-refractivity contribution < 1.29 is 13.3 Å². The predicted octanol–water partition coefficient (Wildman–Crippen LogP) is 1.26. The van der Waals surface area contributed by atoms with Crippen molar-refractivity contribution in [3.63, 3.8) is 0 Å². The van der Waals surface area contributed by atoms with Gasteiger partial charge in [-0.05, 0) is 25.3 Å². The summed E-state index contributed by atoms with van der Waals surface area (Å²) in [4.78, 5) is 10.3. The van der Waals surface area contributed by atoms with Gasteiger partial charge in [0.2, 0.25) is 10.0 Å². The van der Waals surface area contributed by atoms with Crippen molar-refractivity contribution in [2.75, 3.05) is 13.1 Å². The number of benzene rings is 1. The van der Waals surface area contributed by atoms with Crippen LogP contribution in [0.1, 0.15) is 18.9 Å². The van der Waals surface area contributed by atoms with Gasteiger partial charge in [0.25, 0.3) is 5.69 Å². The van der Waals surface area contributed by atoms with Crippen molar-refractivity contribution in [1.82, 2.24) is 4.31 Å². The maximum Gasteiger partial charge on any atom is 0.273 e. The quantitative estimate of drug-likeness (QED) is 0.668. The molecule has 1 aliphatic heterocycles. The molecule has 1 aromatic rings. The molecule has 0 aliphatic carbocycles. The second-order valence-electron chi connectivity index (χ2n) is 5.63. The Bertz CT molecular complexity index is 649. The zero-order valence-electron chi connectivity index (χ0n) is 12.0. The molecule has 1 aliphatic rings. The van der Waals surface area contributed by atoms with Crippen LogP contribution >= 0.6 is 0 Å². The van der Waals surface area contributed by atoms with Gasteiger partial charge in [0.05, 0.1) is 9.82 Å². The van der Waals surface area contributed by atoms with Gasteiger partial charge in [-0.25, -0.2) is 8.42 Å². The van der Waals surface area contributed by atoms with E-state index in [0.717, 1.165) is 12.5 Å². The summed E-state index contributed by atoms with van der Waals surface area (Å²) >= 11 is 0. The van der Waals surface area contributed by atoms with Crippen molar-refractivity contribution in [3.8, 4) is 0 Å². The van der Waals surface area contributed by atoms with Crippen LogP contribution < -0.4 is 5.73 Å². The van der Waals surface area contributed by atoms with E-state index in [1.54, 1.807) is 6.92 Å². The molecule has 1 fully saturated rings. The maximum absolute atomic E-state index is 12.6. The van der Waals surface area contributed by atoms with Crippen LogP contribution in [0.5, 0.6) is 0 Å². The Kier molecular flexibility index (Phi) is 4.31. The van der Waals surface area contributed by atoms with E-state index in [9.17, 15) is 18.5 Å². The number of sulfonamides is 1. The lowest BCUT2D eigenvalue weighted by Gasteiger charge is -2.33. The fourth-order valence-electron chi connectivity index (χ4n) is 2.64. The SMILES string of the molecule is Cc1ccc(S(=O)(=O)N2CC(C)CC(N)C2)cc1[N+](=O)[O-]. The van der Waals surface area contributed by atoms with E-state index < -0.39 is 14.9 Å². The molecule has 0 aromatic heterocycles. The lowest BCUT2D eigenvalue weighted by molar-refractivity contribution is -0.385. The number of hydrogen-bond donors (Lipinski definition) is 1. The van der Waals surface area contributed by atoms with Gasteiger partial charge in [0, 0.05) is 30.8 Å². The van der Waals surface area contributed by atoms with Crippen LogP contribution in [0.4, 0.5) is 5.69 Å². The van der Waals surface area contributed by atoms with Crippen molar-refractivity contribution in [1.29, 1.82) is 0 Å². The zero-order chi connectivity index (χ0) is 15.8. The van der Waals surface area contributed by atoms with Crippen LogP contribution in [0.15, 0.2) is 23.1 Å². The molecule has 0 spiro atoms. The Morgan fingerprint density at radius 3 is 2.62 bits per heavy atom. The molecule has 2 atom stereocenters. The molecule has 1 saturated heterocycles. The summed E-state index contributed by atoms with van der Waals surface area (Å²) in [7, 11) is -3.75. The number of hydrogen-bond acceptors (Lipinski definition) is 5. The second kappa shape index (κ2) is 5.70. The van der Waals surface area contributed by atoms with Gasteiger partial charge in [-0.3, -0.25) is 10.1 Å². The molecule has 2 rings (SSSR count). The molecular formula is C13H19N3O4S. The molecule has 1 heterocycles. The molecule has 8 heteroatoms. The van der Waals surface area contributed by atoms with Crippen molar-refractivity contribution in [3.05, 3.63) is 33.9 Å². The van der Waals surface area contributed by atoms with E-state index in [2.05, 4.69) is 0 Å². The topological polar surface area (TPSA) is 107 Å². The van der Waals surface area contributed by atoms with Gasteiger partial charge >= 0.3 is 0 Å². The fraction of sp³-hybridized carbons (Fsp3) is 0.538. The minimum atomic E-state index is -3.75. The third-order valence-corrected chi connectivity index (χ3v) is 5.50. The zero-order valence-corrected chi connectivity index (χ0v) is 12.8. The Morgan fingerprint density at radius 2 is 2.05 bits per heavy atom. The summed E-state index contributed by atoms with van der Waals surface area (Å²) in [5, 5.41) is 11.0. The Hall–Kier alpha value is -1.51. The Balaban J connectivity index is 2.40. The molecule has 2 unspecified atom stereocenters. The standard InChI is InChI=1S/C13H19N3O4S/c1-9-5-11(14)8-15(7-9)21(19,20)12-4-3-10(2)13(6-12)16(17)18/h3-4,6,9,11H,5,7-8,14H2,1-2H3. The highest BCUT2D eigenvalue weighted by Crippen LogP contribution is 2.27. The fourth-order valence-corrected chi connectivity index (χ4v) is 4.28. The Labute approximate surface area is 123 Å². The van der Waals surface area contributed by atoms with Crippen molar-refractivity contribution in [2.24, 2.45) is 11.7 Å². The number of piperidine rings is 1. The third-order valence-electron chi connectivity index (χ3n) is 3.67. The summed E-state index contributed by atoms with van der Waals surface area (Å²) < 4.78 is 26.5. The molecule has 7 nitrogen and oxygen atoms in total. The van der Waals surface area contributed by atoms with Crippen LogP contribution in [-0.4, -0.2) is 36.8 Å². The highest BCUT2D eigenvalue weighted by atomic mass is 32.2. The summed E-state index contributed by atoms with van der Waals surface area (Å²) in [6, 6.07) is 3.78. The minimum absolute atomic E-state index is 0.0545. The average molecular weight is 313 g/mol. The van der Waals surface area contributed by atoms with Gasteiger partial charge in [-0.15, -0.1) is 0 Å². The highest BCUT2D eigenvalue weighted by Gasteiger charge is 2.32. The molecule has 1 aromatic carbocycles. The number of nitro groups is 1. The van der Waals surface area contributed by atoms with E-state index >= 15 is 0 Å². The summed E-state index contributed by atoms with van der Waals surface area (Å²) in [5.74, 6) is 0.170. The smallest absolute Gasteiger partial charge is 0.273 e. The summed E-state index contributed by atoms with van der Waals surface area (Å²) in [6.07, 6.45) is 0.778. The molecule has 21 heavy (non-hydrogen) atoms. The Morgan fingerprint density at radius 1 is 1.38 bits per heavy atom. The van der Waals surface area contributed by atoms with Gasteiger partial charge in [-0.2, -0.15) is 4.31 Å². The van der Waals surface area contributed by atoms with Gasteiger partial charge in [0.1, 0.15) is 0 Å².